The maximum atomic E-state index is 12.9. The summed E-state index contributed by atoms with van der Waals surface area (Å²) in [6, 6.07) is 0.154. The van der Waals surface area contributed by atoms with Crippen molar-refractivity contribution in [2.75, 3.05) is 7.11 Å². The average molecular weight is 206 g/mol. The predicted molar refractivity (Wildman–Crippen MR) is 39.3 cm³/mol. The molecule has 3 nitrogen and oxygen atoms in total. The summed E-state index contributed by atoms with van der Waals surface area (Å²) in [4.78, 5) is 10.8. The van der Waals surface area contributed by atoms with E-state index in [0.29, 0.717) is 0 Å². The summed E-state index contributed by atoms with van der Waals surface area (Å²) in [5.74, 6) is -7.32. The van der Waals surface area contributed by atoms with Gasteiger partial charge in [-0.15, -0.1) is 0 Å². The van der Waals surface area contributed by atoms with E-state index < -0.39 is 34.7 Å². The molecule has 0 fully saturated rings. The van der Waals surface area contributed by atoms with E-state index in [2.05, 4.69) is 4.74 Å². The molecule has 6 heteroatoms. The molecule has 0 atom stereocenters. The van der Waals surface area contributed by atoms with Crippen LogP contribution in [0.15, 0.2) is 6.07 Å². The lowest BCUT2D eigenvalue weighted by atomic mass is 10.1. The lowest BCUT2D eigenvalue weighted by Crippen LogP contribution is -2.07. The lowest BCUT2D eigenvalue weighted by Gasteiger charge is -2.05. The van der Waals surface area contributed by atoms with Gasteiger partial charge in [-0.3, -0.25) is 0 Å². The van der Waals surface area contributed by atoms with Crippen LogP contribution in [0.25, 0.3) is 0 Å². The standard InChI is InChI=1S/C8H5F3O3/c1-14-8(13)5-3(9)2-4(10)6(11)7(5)12/h2,12H,1H3. The summed E-state index contributed by atoms with van der Waals surface area (Å²) in [6.07, 6.45) is 0. The molecule has 0 spiro atoms. The van der Waals surface area contributed by atoms with Gasteiger partial charge in [0, 0.05) is 6.07 Å². The first kappa shape index (κ1) is 10.4. The van der Waals surface area contributed by atoms with Crippen molar-refractivity contribution in [2.45, 2.75) is 0 Å². The number of phenols is 1. The van der Waals surface area contributed by atoms with E-state index in [1.54, 1.807) is 0 Å². The molecule has 0 aromatic heterocycles. The quantitative estimate of drug-likeness (QED) is 0.560. The highest BCUT2D eigenvalue weighted by atomic mass is 19.2. The van der Waals surface area contributed by atoms with E-state index in [-0.39, 0.29) is 6.07 Å². The van der Waals surface area contributed by atoms with Crippen molar-refractivity contribution in [3.63, 3.8) is 0 Å². The van der Waals surface area contributed by atoms with Crippen molar-refractivity contribution in [3.05, 3.63) is 29.1 Å². The van der Waals surface area contributed by atoms with Crippen LogP contribution in [0, 0.1) is 17.5 Å². The zero-order valence-corrected chi connectivity index (χ0v) is 6.97. The molecule has 0 amide bonds. The van der Waals surface area contributed by atoms with Crippen LogP contribution in [0.4, 0.5) is 13.2 Å². The lowest BCUT2D eigenvalue weighted by molar-refractivity contribution is 0.0590. The third kappa shape index (κ3) is 1.50. The maximum absolute atomic E-state index is 12.9. The smallest absolute Gasteiger partial charge is 0.344 e. The minimum absolute atomic E-state index is 0.154. The van der Waals surface area contributed by atoms with Gasteiger partial charge in [-0.05, 0) is 0 Å². The highest BCUT2D eigenvalue weighted by molar-refractivity contribution is 5.92. The monoisotopic (exact) mass is 206 g/mol. The molecule has 0 aliphatic heterocycles. The van der Waals surface area contributed by atoms with Crippen LogP contribution >= 0.6 is 0 Å². The zero-order chi connectivity index (χ0) is 10.9. The zero-order valence-electron chi connectivity index (χ0n) is 6.97. The van der Waals surface area contributed by atoms with Crippen LogP contribution < -0.4 is 0 Å². The Morgan fingerprint density at radius 1 is 1.36 bits per heavy atom. The normalized spacial score (nSPS) is 10.0. The van der Waals surface area contributed by atoms with Gasteiger partial charge in [0.25, 0.3) is 0 Å². The molecule has 0 saturated carbocycles. The first-order valence-electron chi connectivity index (χ1n) is 3.43. The maximum Gasteiger partial charge on any atom is 0.344 e. The number of carbonyl (C=O) groups excluding carboxylic acids is 1. The summed E-state index contributed by atoms with van der Waals surface area (Å²) < 4.78 is 42.1. The Hall–Kier alpha value is -1.72. The van der Waals surface area contributed by atoms with Crippen LogP contribution in [0.3, 0.4) is 0 Å². The first-order chi connectivity index (χ1) is 6.49. The van der Waals surface area contributed by atoms with Crippen LogP contribution in [-0.2, 0) is 4.74 Å². The molecule has 1 N–H and O–H groups in total. The van der Waals surface area contributed by atoms with Crippen molar-refractivity contribution in [2.24, 2.45) is 0 Å². The van der Waals surface area contributed by atoms with E-state index in [1.807, 2.05) is 0 Å². The van der Waals surface area contributed by atoms with E-state index in [9.17, 15) is 18.0 Å². The van der Waals surface area contributed by atoms with Gasteiger partial charge < -0.3 is 9.84 Å². The Bertz CT molecular complexity index is 390. The summed E-state index contributed by atoms with van der Waals surface area (Å²) in [5, 5.41) is 8.90. The number of hydrogen-bond acceptors (Lipinski definition) is 3. The largest absolute Gasteiger partial charge is 0.504 e. The third-order valence-corrected chi connectivity index (χ3v) is 1.54. The number of phenolic OH excluding ortho intramolecular Hbond substituents is 1. The minimum atomic E-state index is -1.69. The van der Waals surface area contributed by atoms with Crippen molar-refractivity contribution < 1.29 is 27.8 Å². The molecule has 1 aromatic carbocycles. The van der Waals surface area contributed by atoms with Gasteiger partial charge in [-0.25, -0.2) is 13.6 Å². The molecule has 0 radical (unpaired) electrons. The number of esters is 1. The molecule has 0 heterocycles. The molecule has 0 bridgehead atoms. The molecule has 0 unspecified atom stereocenters. The first-order valence-corrected chi connectivity index (χ1v) is 3.43. The Labute approximate surface area is 76.7 Å². The number of methoxy groups -OCH3 is 1. The molecule has 14 heavy (non-hydrogen) atoms. The number of ether oxygens (including phenoxy) is 1. The summed E-state index contributed by atoms with van der Waals surface area (Å²) in [6.45, 7) is 0. The van der Waals surface area contributed by atoms with Crippen molar-refractivity contribution in [1.29, 1.82) is 0 Å². The molecule has 1 aromatic rings. The van der Waals surface area contributed by atoms with Gasteiger partial charge in [0.05, 0.1) is 7.11 Å². The summed E-state index contributed by atoms with van der Waals surface area (Å²) in [5.41, 5.74) is -1.02. The summed E-state index contributed by atoms with van der Waals surface area (Å²) >= 11 is 0. The molecule has 0 aliphatic carbocycles. The van der Waals surface area contributed by atoms with Gasteiger partial charge in [0.1, 0.15) is 11.4 Å². The van der Waals surface area contributed by atoms with Gasteiger partial charge in [0.15, 0.2) is 11.6 Å². The van der Waals surface area contributed by atoms with Gasteiger partial charge in [-0.1, -0.05) is 0 Å². The molecular formula is C8H5F3O3. The molecule has 76 valence electrons. The Morgan fingerprint density at radius 3 is 2.43 bits per heavy atom. The van der Waals surface area contributed by atoms with Gasteiger partial charge in [0.2, 0.25) is 5.82 Å². The van der Waals surface area contributed by atoms with E-state index in [1.165, 1.54) is 0 Å². The fourth-order valence-electron chi connectivity index (χ4n) is 0.879. The minimum Gasteiger partial charge on any atom is -0.504 e. The van der Waals surface area contributed by atoms with Gasteiger partial charge >= 0.3 is 5.97 Å². The highest BCUT2D eigenvalue weighted by Gasteiger charge is 2.24. The van der Waals surface area contributed by atoms with Crippen molar-refractivity contribution in [1.82, 2.24) is 0 Å². The van der Waals surface area contributed by atoms with E-state index >= 15 is 0 Å². The fraction of sp³-hybridized carbons (Fsp3) is 0.125. The van der Waals surface area contributed by atoms with Crippen molar-refractivity contribution in [3.8, 4) is 5.75 Å². The Kier molecular flexibility index (Phi) is 2.64. The second-order valence-electron chi connectivity index (χ2n) is 2.37. The van der Waals surface area contributed by atoms with Crippen LogP contribution in [0.1, 0.15) is 10.4 Å². The molecule has 1 rings (SSSR count). The molecule has 0 aliphatic rings. The van der Waals surface area contributed by atoms with Crippen LogP contribution in [0.2, 0.25) is 0 Å². The summed E-state index contributed by atoms with van der Waals surface area (Å²) in [7, 11) is 0.919. The number of halogens is 3. The molecule has 0 saturated heterocycles. The Morgan fingerprint density at radius 2 is 1.93 bits per heavy atom. The topological polar surface area (TPSA) is 46.5 Å². The second-order valence-corrected chi connectivity index (χ2v) is 2.37. The number of hydrogen-bond donors (Lipinski definition) is 1. The van der Waals surface area contributed by atoms with Crippen LogP contribution in [0.5, 0.6) is 5.75 Å². The Balaban J connectivity index is 3.44. The highest BCUT2D eigenvalue weighted by Crippen LogP contribution is 2.26. The average Bonchev–Trinajstić information content (AvgIpc) is 2.14. The number of carbonyl (C=O) groups is 1. The number of aromatic hydroxyl groups is 1. The van der Waals surface area contributed by atoms with E-state index in [0.717, 1.165) is 7.11 Å². The third-order valence-electron chi connectivity index (χ3n) is 1.54. The van der Waals surface area contributed by atoms with Gasteiger partial charge in [-0.2, -0.15) is 4.39 Å². The number of rotatable bonds is 1. The van der Waals surface area contributed by atoms with Crippen LogP contribution in [-0.4, -0.2) is 18.2 Å². The fourth-order valence-corrected chi connectivity index (χ4v) is 0.879. The number of benzene rings is 1. The molecular weight excluding hydrogens is 201 g/mol. The second kappa shape index (κ2) is 3.57. The van der Waals surface area contributed by atoms with Crippen molar-refractivity contribution >= 4 is 5.97 Å². The SMILES string of the molecule is COC(=O)c1c(F)cc(F)c(F)c1O. The van der Waals surface area contributed by atoms with E-state index in [4.69, 9.17) is 5.11 Å². The predicted octanol–water partition coefficient (Wildman–Crippen LogP) is 1.60.